The molecule has 0 heterocycles. The number of rotatable bonds is 3. The molecule has 0 fully saturated rings. The van der Waals surface area contributed by atoms with Gasteiger partial charge in [-0.25, -0.2) is 0 Å². The number of hydrogen-bond donors (Lipinski definition) is 0. The quantitative estimate of drug-likeness (QED) is 0.482. The van der Waals surface area contributed by atoms with E-state index in [0.29, 0.717) is 0 Å². The van der Waals surface area contributed by atoms with Crippen LogP contribution in [0.1, 0.15) is 23.5 Å². The van der Waals surface area contributed by atoms with Gasteiger partial charge in [0.05, 0.1) is 0 Å². The molecular formula is C13H14. The lowest BCUT2D eigenvalue weighted by atomic mass is 9.96. The lowest BCUT2D eigenvalue weighted by Crippen LogP contribution is -1.93. The van der Waals surface area contributed by atoms with Crippen LogP contribution in [0, 0.1) is 19.3 Å². The Labute approximate surface area is 80.3 Å². The summed E-state index contributed by atoms with van der Waals surface area (Å²) in [7, 11) is 0. The molecule has 66 valence electrons. The van der Waals surface area contributed by atoms with Gasteiger partial charge in [-0.15, -0.1) is 13.0 Å². The highest BCUT2D eigenvalue weighted by atomic mass is 14.1. The van der Waals surface area contributed by atoms with Gasteiger partial charge in [0.1, 0.15) is 0 Å². The van der Waals surface area contributed by atoms with Crippen molar-refractivity contribution < 1.29 is 0 Å². The SMILES string of the molecule is C#CC(CC=C)c1ccc(C)cc1. The van der Waals surface area contributed by atoms with Crippen LogP contribution < -0.4 is 0 Å². The first-order chi connectivity index (χ1) is 6.27. The van der Waals surface area contributed by atoms with Crippen molar-refractivity contribution >= 4 is 0 Å². The van der Waals surface area contributed by atoms with E-state index in [4.69, 9.17) is 6.42 Å². The summed E-state index contributed by atoms with van der Waals surface area (Å²) in [4.78, 5) is 0. The Morgan fingerprint density at radius 3 is 2.54 bits per heavy atom. The van der Waals surface area contributed by atoms with Gasteiger partial charge in [-0.05, 0) is 18.9 Å². The molecule has 0 spiro atoms. The number of aryl methyl sites for hydroxylation is 1. The summed E-state index contributed by atoms with van der Waals surface area (Å²) in [6.07, 6.45) is 8.14. The minimum Gasteiger partial charge on any atom is -0.119 e. The molecule has 1 aromatic carbocycles. The van der Waals surface area contributed by atoms with Crippen molar-refractivity contribution in [2.75, 3.05) is 0 Å². The maximum atomic E-state index is 5.43. The van der Waals surface area contributed by atoms with Gasteiger partial charge in [0.15, 0.2) is 0 Å². The van der Waals surface area contributed by atoms with E-state index in [9.17, 15) is 0 Å². The highest BCUT2D eigenvalue weighted by molar-refractivity contribution is 5.29. The highest BCUT2D eigenvalue weighted by Crippen LogP contribution is 2.19. The Hall–Kier alpha value is -1.48. The maximum absolute atomic E-state index is 5.43. The minimum atomic E-state index is 0.179. The van der Waals surface area contributed by atoms with Crippen LogP contribution in [-0.2, 0) is 0 Å². The Bertz CT molecular complexity index is 311. The van der Waals surface area contributed by atoms with E-state index in [-0.39, 0.29) is 5.92 Å². The van der Waals surface area contributed by atoms with E-state index in [0.717, 1.165) is 6.42 Å². The molecule has 1 atom stereocenters. The molecular weight excluding hydrogens is 156 g/mol. The average molecular weight is 170 g/mol. The van der Waals surface area contributed by atoms with Crippen LogP contribution in [0.25, 0.3) is 0 Å². The normalized spacial score (nSPS) is 11.7. The van der Waals surface area contributed by atoms with Gasteiger partial charge in [-0.3, -0.25) is 0 Å². The van der Waals surface area contributed by atoms with Crippen LogP contribution in [0.5, 0.6) is 0 Å². The van der Waals surface area contributed by atoms with Crippen LogP contribution in [0.3, 0.4) is 0 Å². The smallest absolute Gasteiger partial charge is 0.0483 e. The van der Waals surface area contributed by atoms with Gasteiger partial charge in [-0.2, -0.15) is 0 Å². The first-order valence-electron chi connectivity index (χ1n) is 4.41. The van der Waals surface area contributed by atoms with Crippen LogP contribution in [-0.4, -0.2) is 0 Å². The van der Waals surface area contributed by atoms with Crippen molar-refractivity contribution in [2.24, 2.45) is 0 Å². The molecule has 1 unspecified atom stereocenters. The van der Waals surface area contributed by atoms with E-state index < -0.39 is 0 Å². The molecule has 1 aromatic rings. The lowest BCUT2D eigenvalue weighted by molar-refractivity contribution is 0.895. The Morgan fingerprint density at radius 1 is 1.46 bits per heavy atom. The predicted octanol–water partition coefficient (Wildman–Crippen LogP) is 3.29. The van der Waals surface area contributed by atoms with Gasteiger partial charge in [0.2, 0.25) is 0 Å². The van der Waals surface area contributed by atoms with Crippen LogP contribution in [0.15, 0.2) is 36.9 Å². The number of allylic oxidation sites excluding steroid dienone is 1. The second kappa shape index (κ2) is 4.52. The number of benzene rings is 1. The second-order valence-electron chi connectivity index (χ2n) is 3.15. The summed E-state index contributed by atoms with van der Waals surface area (Å²) in [5, 5.41) is 0. The van der Waals surface area contributed by atoms with E-state index in [1.165, 1.54) is 11.1 Å². The average Bonchev–Trinajstić information content (AvgIpc) is 2.16. The molecule has 0 N–H and O–H groups in total. The summed E-state index contributed by atoms with van der Waals surface area (Å²) in [6.45, 7) is 5.77. The van der Waals surface area contributed by atoms with E-state index >= 15 is 0 Å². The third-order valence-electron chi connectivity index (χ3n) is 2.08. The third-order valence-corrected chi connectivity index (χ3v) is 2.08. The second-order valence-corrected chi connectivity index (χ2v) is 3.15. The maximum Gasteiger partial charge on any atom is 0.0483 e. The molecule has 0 aliphatic rings. The molecule has 0 radical (unpaired) electrons. The van der Waals surface area contributed by atoms with Crippen molar-refractivity contribution in [3.05, 3.63) is 48.0 Å². The molecule has 0 aliphatic heterocycles. The molecule has 0 nitrogen and oxygen atoms in total. The van der Waals surface area contributed by atoms with Crippen LogP contribution >= 0.6 is 0 Å². The minimum absolute atomic E-state index is 0.179. The Kier molecular flexibility index (Phi) is 3.34. The standard InChI is InChI=1S/C13H14/c1-4-6-12(5-2)13-9-7-11(3)8-10-13/h2,4,7-10,12H,1,6H2,3H3. The number of hydrogen-bond acceptors (Lipinski definition) is 0. The van der Waals surface area contributed by atoms with Crippen molar-refractivity contribution in [3.8, 4) is 12.3 Å². The fourth-order valence-electron chi connectivity index (χ4n) is 1.27. The summed E-state index contributed by atoms with van der Waals surface area (Å²) in [6, 6.07) is 8.35. The van der Waals surface area contributed by atoms with Gasteiger partial charge in [0, 0.05) is 5.92 Å². The topological polar surface area (TPSA) is 0 Å². The molecule has 0 aromatic heterocycles. The lowest BCUT2D eigenvalue weighted by Gasteiger charge is -2.07. The zero-order valence-electron chi connectivity index (χ0n) is 7.96. The molecule has 13 heavy (non-hydrogen) atoms. The predicted molar refractivity (Wildman–Crippen MR) is 57.6 cm³/mol. The van der Waals surface area contributed by atoms with E-state index in [1.807, 2.05) is 6.08 Å². The van der Waals surface area contributed by atoms with Crippen molar-refractivity contribution in [2.45, 2.75) is 19.3 Å². The Balaban J connectivity index is 2.87. The van der Waals surface area contributed by atoms with Crippen molar-refractivity contribution in [1.29, 1.82) is 0 Å². The monoisotopic (exact) mass is 170 g/mol. The van der Waals surface area contributed by atoms with Crippen molar-refractivity contribution in [1.82, 2.24) is 0 Å². The Morgan fingerprint density at radius 2 is 2.08 bits per heavy atom. The van der Waals surface area contributed by atoms with Crippen molar-refractivity contribution in [3.63, 3.8) is 0 Å². The van der Waals surface area contributed by atoms with Gasteiger partial charge < -0.3 is 0 Å². The fourth-order valence-corrected chi connectivity index (χ4v) is 1.27. The van der Waals surface area contributed by atoms with E-state index in [2.05, 4.69) is 43.7 Å². The highest BCUT2D eigenvalue weighted by Gasteiger charge is 2.04. The summed E-state index contributed by atoms with van der Waals surface area (Å²) in [5.74, 6) is 2.95. The van der Waals surface area contributed by atoms with Gasteiger partial charge in [-0.1, -0.05) is 41.8 Å². The molecule has 0 heteroatoms. The first-order valence-corrected chi connectivity index (χ1v) is 4.41. The summed E-state index contributed by atoms with van der Waals surface area (Å²) >= 11 is 0. The molecule has 0 saturated carbocycles. The van der Waals surface area contributed by atoms with Gasteiger partial charge >= 0.3 is 0 Å². The molecule has 0 amide bonds. The van der Waals surface area contributed by atoms with Crippen LogP contribution in [0.2, 0.25) is 0 Å². The third kappa shape index (κ3) is 2.49. The summed E-state index contributed by atoms with van der Waals surface area (Å²) < 4.78 is 0. The van der Waals surface area contributed by atoms with E-state index in [1.54, 1.807) is 0 Å². The zero-order chi connectivity index (χ0) is 9.68. The summed E-state index contributed by atoms with van der Waals surface area (Å²) in [5.41, 5.74) is 2.46. The fraction of sp³-hybridized carbons (Fsp3) is 0.231. The number of terminal acetylenes is 1. The van der Waals surface area contributed by atoms with Gasteiger partial charge in [0.25, 0.3) is 0 Å². The zero-order valence-corrected chi connectivity index (χ0v) is 7.96. The van der Waals surface area contributed by atoms with Crippen LogP contribution in [0.4, 0.5) is 0 Å². The molecule has 0 aliphatic carbocycles. The molecule has 0 bridgehead atoms. The largest absolute Gasteiger partial charge is 0.119 e. The molecule has 0 saturated heterocycles. The molecule has 1 rings (SSSR count). The first kappa shape index (κ1) is 9.61.